The van der Waals surface area contributed by atoms with E-state index in [1.54, 1.807) is 11.3 Å². The van der Waals surface area contributed by atoms with Crippen molar-refractivity contribution in [2.24, 2.45) is 5.73 Å². The van der Waals surface area contributed by atoms with E-state index in [9.17, 15) is 0 Å². The van der Waals surface area contributed by atoms with Gasteiger partial charge in [0.05, 0.1) is 11.2 Å². The van der Waals surface area contributed by atoms with Crippen LogP contribution in [0.2, 0.25) is 0 Å². The zero-order valence-electron chi connectivity index (χ0n) is 10.6. The Morgan fingerprint density at radius 2 is 2.25 bits per heavy atom. The maximum atomic E-state index is 5.72. The zero-order chi connectivity index (χ0) is 12.0. The highest BCUT2D eigenvalue weighted by Crippen LogP contribution is 2.14. The molecular formula is C12H23N3S. The first-order chi connectivity index (χ1) is 7.59. The van der Waals surface area contributed by atoms with Crippen molar-refractivity contribution in [3.05, 3.63) is 16.1 Å². The fourth-order valence-electron chi connectivity index (χ4n) is 1.65. The Morgan fingerprint density at radius 3 is 2.81 bits per heavy atom. The summed E-state index contributed by atoms with van der Waals surface area (Å²) in [5, 5.41) is 0. The van der Waals surface area contributed by atoms with E-state index in [1.165, 1.54) is 23.4 Å². The summed E-state index contributed by atoms with van der Waals surface area (Å²) in [6.07, 6.45) is 3.59. The molecular weight excluding hydrogens is 218 g/mol. The highest BCUT2D eigenvalue weighted by Gasteiger charge is 2.05. The van der Waals surface area contributed by atoms with Crippen LogP contribution in [0.3, 0.4) is 0 Å². The lowest BCUT2D eigenvalue weighted by atomic mass is 10.1. The lowest BCUT2D eigenvalue weighted by Crippen LogP contribution is -2.20. The fraction of sp³-hybridized carbons (Fsp3) is 0.750. The lowest BCUT2D eigenvalue weighted by Gasteiger charge is -2.16. The molecule has 3 nitrogen and oxygen atoms in total. The van der Waals surface area contributed by atoms with Crippen LogP contribution >= 0.6 is 11.3 Å². The second kappa shape index (κ2) is 6.99. The largest absolute Gasteiger partial charge is 0.328 e. The number of nitrogens with zero attached hydrogens (tertiary/aromatic N) is 2. The summed E-state index contributed by atoms with van der Waals surface area (Å²) in [4.78, 5) is 8.01. The van der Waals surface area contributed by atoms with Gasteiger partial charge in [0, 0.05) is 17.5 Å². The second-order valence-corrected chi connectivity index (χ2v) is 5.51. The van der Waals surface area contributed by atoms with Crippen LogP contribution in [0.1, 0.15) is 36.8 Å². The van der Waals surface area contributed by atoms with E-state index in [2.05, 4.69) is 30.8 Å². The molecule has 1 aromatic heterocycles. The first kappa shape index (κ1) is 13.6. The van der Waals surface area contributed by atoms with Gasteiger partial charge < -0.3 is 10.6 Å². The Balaban J connectivity index is 2.16. The van der Waals surface area contributed by atoms with E-state index in [4.69, 9.17) is 5.73 Å². The normalized spacial score (nSPS) is 13.3. The Hall–Kier alpha value is -0.450. The maximum absolute atomic E-state index is 5.72. The lowest BCUT2D eigenvalue weighted by molar-refractivity contribution is 0.317. The minimum Gasteiger partial charge on any atom is -0.328 e. The van der Waals surface area contributed by atoms with E-state index in [0.29, 0.717) is 6.04 Å². The molecule has 0 radical (unpaired) electrons. The summed E-state index contributed by atoms with van der Waals surface area (Å²) >= 11 is 1.75. The zero-order valence-corrected chi connectivity index (χ0v) is 11.4. The number of aromatic nitrogens is 1. The van der Waals surface area contributed by atoms with E-state index < -0.39 is 0 Å². The highest BCUT2D eigenvalue weighted by molar-refractivity contribution is 7.09. The second-order valence-electron chi connectivity index (χ2n) is 4.57. The Labute approximate surface area is 103 Å². The minimum absolute atomic E-state index is 0.342. The van der Waals surface area contributed by atoms with Crippen LogP contribution in [-0.2, 0) is 6.54 Å². The molecule has 2 N–H and O–H groups in total. The molecule has 1 rings (SSSR count). The van der Waals surface area contributed by atoms with Crippen molar-refractivity contribution in [2.75, 3.05) is 13.6 Å². The maximum Gasteiger partial charge on any atom is 0.0798 e. The van der Waals surface area contributed by atoms with Gasteiger partial charge in [0.1, 0.15) is 0 Å². The van der Waals surface area contributed by atoms with E-state index >= 15 is 0 Å². The predicted molar refractivity (Wildman–Crippen MR) is 70.7 cm³/mol. The number of hydrogen-bond acceptors (Lipinski definition) is 4. The van der Waals surface area contributed by atoms with Crippen molar-refractivity contribution in [1.82, 2.24) is 9.88 Å². The Kier molecular flexibility index (Phi) is 5.95. The Morgan fingerprint density at radius 1 is 1.50 bits per heavy atom. The molecule has 0 saturated heterocycles. The third-order valence-electron chi connectivity index (χ3n) is 2.71. The highest BCUT2D eigenvalue weighted by atomic mass is 32.1. The smallest absolute Gasteiger partial charge is 0.0798 e. The molecule has 0 saturated carbocycles. The van der Waals surface area contributed by atoms with Gasteiger partial charge in [-0.15, -0.1) is 11.3 Å². The van der Waals surface area contributed by atoms with Gasteiger partial charge in [0.2, 0.25) is 0 Å². The van der Waals surface area contributed by atoms with E-state index in [0.717, 1.165) is 19.5 Å². The summed E-state index contributed by atoms with van der Waals surface area (Å²) in [5.74, 6) is 0. The van der Waals surface area contributed by atoms with Crippen molar-refractivity contribution < 1.29 is 0 Å². The molecule has 92 valence electrons. The van der Waals surface area contributed by atoms with Crippen LogP contribution in [0.15, 0.2) is 5.51 Å². The van der Waals surface area contributed by atoms with Gasteiger partial charge >= 0.3 is 0 Å². The average Bonchev–Trinajstić information content (AvgIpc) is 2.59. The summed E-state index contributed by atoms with van der Waals surface area (Å²) in [7, 11) is 2.17. The standard InChI is InChI=1S/C12H23N3S/c1-10(13)6-4-5-7-15(3)8-12-11(2)14-9-16-12/h9-10H,4-8,13H2,1-3H3. The van der Waals surface area contributed by atoms with Crippen LogP contribution in [0.5, 0.6) is 0 Å². The number of rotatable bonds is 7. The van der Waals surface area contributed by atoms with Crippen LogP contribution < -0.4 is 5.73 Å². The monoisotopic (exact) mass is 241 g/mol. The summed E-state index contributed by atoms with van der Waals surface area (Å²) < 4.78 is 0. The number of aryl methyl sites for hydroxylation is 1. The number of thiazole rings is 1. The molecule has 16 heavy (non-hydrogen) atoms. The van der Waals surface area contributed by atoms with Crippen molar-refractivity contribution in [3.63, 3.8) is 0 Å². The van der Waals surface area contributed by atoms with Crippen LogP contribution in [-0.4, -0.2) is 29.5 Å². The minimum atomic E-state index is 0.342. The van der Waals surface area contributed by atoms with Crippen LogP contribution in [0, 0.1) is 6.92 Å². The molecule has 1 unspecified atom stereocenters. The fourth-order valence-corrected chi connectivity index (χ4v) is 2.51. The summed E-state index contributed by atoms with van der Waals surface area (Å²) in [6, 6.07) is 0.342. The van der Waals surface area contributed by atoms with E-state index in [1.807, 2.05) is 5.51 Å². The van der Waals surface area contributed by atoms with Crippen LogP contribution in [0.4, 0.5) is 0 Å². The molecule has 0 amide bonds. The van der Waals surface area contributed by atoms with E-state index in [-0.39, 0.29) is 0 Å². The van der Waals surface area contributed by atoms with Gasteiger partial charge in [-0.05, 0) is 40.3 Å². The third-order valence-corrected chi connectivity index (χ3v) is 3.63. The van der Waals surface area contributed by atoms with Crippen molar-refractivity contribution in [3.8, 4) is 0 Å². The molecule has 0 aromatic carbocycles. The molecule has 0 aliphatic carbocycles. The topological polar surface area (TPSA) is 42.2 Å². The van der Waals surface area contributed by atoms with Crippen LogP contribution in [0.25, 0.3) is 0 Å². The number of unbranched alkanes of at least 4 members (excludes halogenated alkanes) is 1. The molecule has 1 atom stereocenters. The Bertz CT molecular complexity index is 296. The van der Waals surface area contributed by atoms with Gasteiger partial charge in [-0.2, -0.15) is 0 Å². The van der Waals surface area contributed by atoms with Gasteiger partial charge in [-0.1, -0.05) is 6.42 Å². The average molecular weight is 241 g/mol. The SMILES string of the molecule is Cc1ncsc1CN(C)CCCCC(C)N. The number of hydrogen-bond donors (Lipinski definition) is 1. The van der Waals surface area contributed by atoms with Crippen molar-refractivity contribution in [2.45, 2.75) is 45.7 Å². The van der Waals surface area contributed by atoms with Gasteiger partial charge in [0.25, 0.3) is 0 Å². The number of nitrogens with two attached hydrogens (primary N) is 1. The predicted octanol–water partition coefficient (Wildman–Crippen LogP) is 2.40. The van der Waals surface area contributed by atoms with Gasteiger partial charge in [-0.25, -0.2) is 4.98 Å². The molecule has 1 aromatic rings. The molecule has 0 fully saturated rings. The molecule has 0 aliphatic rings. The first-order valence-corrected chi connectivity index (χ1v) is 6.80. The molecule has 1 heterocycles. The van der Waals surface area contributed by atoms with Gasteiger partial charge in [0.15, 0.2) is 0 Å². The molecule has 0 spiro atoms. The van der Waals surface area contributed by atoms with Crippen molar-refractivity contribution >= 4 is 11.3 Å². The van der Waals surface area contributed by atoms with Gasteiger partial charge in [-0.3, -0.25) is 0 Å². The first-order valence-electron chi connectivity index (χ1n) is 5.92. The summed E-state index contributed by atoms with van der Waals surface area (Å²) in [6.45, 7) is 6.32. The molecule has 0 aliphatic heterocycles. The quantitative estimate of drug-likeness (QED) is 0.745. The molecule has 0 bridgehead atoms. The third kappa shape index (κ3) is 5.05. The van der Waals surface area contributed by atoms with Crippen molar-refractivity contribution in [1.29, 1.82) is 0 Å². The molecule has 4 heteroatoms. The summed E-state index contributed by atoms with van der Waals surface area (Å²) in [5.41, 5.74) is 8.82.